The number of esters is 1. The average Bonchev–Trinajstić information content (AvgIpc) is 2.52. The molecule has 1 aromatic rings. The largest absolute Gasteiger partial charge is 0.469 e. The van der Waals surface area contributed by atoms with E-state index in [2.05, 4.69) is 5.32 Å². The molecule has 0 radical (unpaired) electrons. The molecule has 2 saturated carbocycles. The molecular formula is C19H25NO5. The van der Waals surface area contributed by atoms with Gasteiger partial charge in [-0.15, -0.1) is 0 Å². The van der Waals surface area contributed by atoms with Gasteiger partial charge in [-0.2, -0.15) is 0 Å². The van der Waals surface area contributed by atoms with Gasteiger partial charge in [0, 0.05) is 12.0 Å². The highest BCUT2D eigenvalue weighted by atomic mass is 16.5. The number of hydrogen-bond acceptors (Lipinski definition) is 5. The first-order chi connectivity index (χ1) is 12.0. The van der Waals surface area contributed by atoms with Crippen LogP contribution in [0.1, 0.15) is 72.5 Å². The minimum atomic E-state index is -0.553. The summed E-state index contributed by atoms with van der Waals surface area (Å²) < 4.78 is 10.2. The van der Waals surface area contributed by atoms with Gasteiger partial charge in [0.25, 0.3) is 5.91 Å². The summed E-state index contributed by atoms with van der Waals surface area (Å²) >= 11 is 0. The molecule has 6 heteroatoms. The average molecular weight is 347 g/mol. The molecule has 1 amide bonds. The van der Waals surface area contributed by atoms with E-state index in [0.717, 1.165) is 19.3 Å². The van der Waals surface area contributed by atoms with Crippen LogP contribution in [0.5, 0.6) is 0 Å². The van der Waals surface area contributed by atoms with Crippen LogP contribution in [0.3, 0.4) is 0 Å². The van der Waals surface area contributed by atoms with E-state index in [1.807, 2.05) is 6.07 Å². The third-order valence-electron chi connectivity index (χ3n) is 5.50. The summed E-state index contributed by atoms with van der Waals surface area (Å²) in [6, 6.07) is 1.80. The topological polar surface area (TPSA) is 85.6 Å². The van der Waals surface area contributed by atoms with E-state index in [-0.39, 0.29) is 29.4 Å². The summed E-state index contributed by atoms with van der Waals surface area (Å²) in [6.07, 6.45) is 6.02. The van der Waals surface area contributed by atoms with Crippen molar-refractivity contribution in [3.8, 4) is 0 Å². The van der Waals surface area contributed by atoms with Crippen LogP contribution in [-0.4, -0.2) is 25.0 Å². The lowest BCUT2D eigenvalue weighted by Gasteiger charge is -2.27. The van der Waals surface area contributed by atoms with Gasteiger partial charge < -0.3 is 14.5 Å². The maximum atomic E-state index is 12.5. The first-order valence-electron chi connectivity index (χ1n) is 9.03. The molecule has 2 aliphatic carbocycles. The zero-order valence-electron chi connectivity index (χ0n) is 14.8. The monoisotopic (exact) mass is 347 g/mol. The molecule has 0 spiro atoms. The first kappa shape index (κ1) is 17.7. The van der Waals surface area contributed by atoms with Crippen molar-refractivity contribution in [2.75, 3.05) is 7.11 Å². The first-order valence-corrected chi connectivity index (χ1v) is 9.03. The van der Waals surface area contributed by atoms with Gasteiger partial charge in [0.2, 0.25) is 0 Å². The number of carbonyl (C=O) groups excluding carboxylic acids is 2. The molecule has 136 valence electrons. The molecule has 0 bridgehead atoms. The van der Waals surface area contributed by atoms with Gasteiger partial charge in [0.05, 0.1) is 13.0 Å². The molecule has 0 aromatic carbocycles. The molecule has 1 N–H and O–H groups in total. The lowest BCUT2D eigenvalue weighted by molar-refractivity contribution is -0.146. The molecule has 0 unspecified atom stereocenters. The van der Waals surface area contributed by atoms with Gasteiger partial charge >= 0.3 is 11.6 Å². The number of rotatable bonds is 4. The molecule has 6 nitrogen and oxygen atoms in total. The van der Waals surface area contributed by atoms with Gasteiger partial charge in [-0.05, 0) is 57.1 Å². The Morgan fingerprint density at radius 2 is 1.84 bits per heavy atom. The molecule has 3 rings (SSSR count). The fraction of sp³-hybridized carbons (Fsp3) is 0.632. The Bertz CT molecular complexity index is 711. The van der Waals surface area contributed by atoms with Gasteiger partial charge in [0.1, 0.15) is 11.3 Å². The SMILES string of the molecule is COC(=O)C1CCC(NC(=O)c2c(C)cc(C3CCC3)oc2=O)CC1. The standard InChI is InChI=1S/C19H25NO5/c1-11-10-15(12-4-3-5-12)25-19(23)16(11)17(21)20-14-8-6-13(7-9-14)18(22)24-2/h10,12-14H,3-9H2,1-2H3,(H,20,21). The fourth-order valence-electron chi connectivity index (χ4n) is 3.70. The van der Waals surface area contributed by atoms with E-state index in [1.165, 1.54) is 7.11 Å². The van der Waals surface area contributed by atoms with Crippen LogP contribution >= 0.6 is 0 Å². The Balaban J connectivity index is 1.64. The Morgan fingerprint density at radius 3 is 2.36 bits per heavy atom. The van der Waals surface area contributed by atoms with Crippen molar-refractivity contribution in [1.29, 1.82) is 0 Å². The van der Waals surface area contributed by atoms with E-state index in [1.54, 1.807) is 6.92 Å². The number of hydrogen-bond donors (Lipinski definition) is 1. The molecular weight excluding hydrogens is 322 g/mol. The van der Waals surface area contributed by atoms with Crippen molar-refractivity contribution in [1.82, 2.24) is 5.32 Å². The molecule has 1 aromatic heterocycles. The lowest BCUT2D eigenvalue weighted by Crippen LogP contribution is -2.40. The van der Waals surface area contributed by atoms with Crippen LogP contribution in [0, 0.1) is 12.8 Å². The third-order valence-corrected chi connectivity index (χ3v) is 5.50. The van der Waals surface area contributed by atoms with Crippen molar-refractivity contribution in [2.45, 2.75) is 63.8 Å². The molecule has 2 aliphatic rings. The van der Waals surface area contributed by atoms with Gasteiger partial charge in [-0.3, -0.25) is 9.59 Å². The number of ether oxygens (including phenoxy) is 1. The van der Waals surface area contributed by atoms with Crippen molar-refractivity contribution in [2.24, 2.45) is 5.92 Å². The summed E-state index contributed by atoms with van der Waals surface area (Å²) in [6.45, 7) is 1.78. The number of carbonyl (C=O) groups is 2. The summed E-state index contributed by atoms with van der Waals surface area (Å²) in [4.78, 5) is 36.4. The second-order valence-electron chi connectivity index (χ2n) is 7.17. The van der Waals surface area contributed by atoms with E-state index in [9.17, 15) is 14.4 Å². The number of nitrogens with one attached hydrogen (secondary N) is 1. The lowest BCUT2D eigenvalue weighted by atomic mass is 9.83. The third kappa shape index (κ3) is 3.78. The van der Waals surface area contributed by atoms with Crippen molar-refractivity contribution >= 4 is 11.9 Å². The summed E-state index contributed by atoms with van der Waals surface area (Å²) in [7, 11) is 1.39. The molecule has 0 saturated heterocycles. The molecule has 25 heavy (non-hydrogen) atoms. The van der Waals surface area contributed by atoms with E-state index < -0.39 is 5.63 Å². The highest BCUT2D eigenvalue weighted by molar-refractivity contribution is 5.95. The number of methoxy groups -OCH3 is 1. The predicted octanol–water partition coefficient (Wildman–Crippen LogP) is 2.68. The van der Waals surface area contributed by atoms with E-state index >= 15 is 0 Å². The van der Waals surface area contributed by atoms with Crippen LogP contribution in [0.2, 0.25) is 0 Å². The molecule has 0 aliphatic heterocycles. The Kier molecular flexibility index (Phi) is 5.25. The van der Waals surface area contributed by atoms with Crippen molar-refractivity contribution in [3.05, 3.63) is 33.4 Å². The van der Waals surface area contributed by atoms with E-state index in [4.69, 9.17) is 9.15 Å². The smallest absolute Gasteiger partial charge is 0.349 e. The highest BCUT2D eigenvalue weighted by Gasteiger charge is 2.29. The van der Waals surface area contributed by atoms with Crippen molar-refractivity contribution in [3.63, 3.8) is 0 Å². The minimum absolute atomic E-state index is 0.0292. The Labute approximate surface area is 146 Å². The molecule has 2 fully saturated rings. The maximum Gasteiger partial charge on any atom is 0.349 e. The molecule has 0 atom stereocenters. The maximum absolute atomic E-state index is 12.5. The minimum Gasteiger partial charge on any atom is -0.469 e. The zero-order valence-corrected chi connectivity index (χ0v) is 14.8. The quantitative estimate of drug-likeness (QED) is 0.846. The fourth-order valence-corrected chi connectivity index (χ4v) is 3.70. The summed E-state index contributed by atoms with van der Waals surface area (Å²) in [5.41, 5.74) is 0.208. The van der Waals surface area contributed by atoms with Crippen LogP contribution < -0.4 is 10.9 Å². The van der Waals surface area contributed by atoms with Gasteiger partial charge in [-0.1, -0.05) is 6.42 Å². The highest BCUT2D eigenvalue weighted by Crippen LogP contribution is 2.36. The van der Waals surface area contributed by atoms with Crippen LogP contribution in [0.15, 0.2) is 15.3 Å². The van der Waals surface area contributed by atoms with Crippen molar-refractivity contribution < 1.29 is 18.7 Å². The number of amides is 1. The van der Waals surface area contributed by atoms with Crippen LogP contribution in [0.25, 0.3) is 0 Å². The van der Waals surface area contributed by atoms with E-state index in [0.29, 0.717) is 42.9 Å². The zero-order chi connectivity index (χ0) is 18.0. The van der Waals surface area contributed by atoms with Gasteiger partial charge in [-0.25, -0.2) is 4.79 Å². The predicted molar refractivity (Wildman–Crippen MR) is 91.5 cm³/mol. The second-order valence-corrected chi connectivity index (χ2v) is 7.17. The normalized spacial score (nSPS) is 23.6. The number of aryl methyl sites for hydroxylation is 1. The Hall–Kier alpha value is -2.11. The van der Waals surface area contributed by atoms with Gasteiger partial charge in [0.15, 0.2) is 0 Å². The second kappa shape index (κ2) is 7.42. The Morgan fingerprint density at radius 1 is 1.16 bits per heavy atom. The molecule has 1 heterocycles. The van der Waals surface area contributed by atoms with Crippen LogP contribution in [-0.2, 0) is 9.53 Å². The van der Waals surface area contributed by atoms with Crippen LogP contribution in [0.4, 0.5) is 0 Å². The summed E-state index contributed by atoms with van der Waals surface area (Å²) in [5, 5.41) is 2.92. The summed E-state index contributed by atoms with van der Waals surface area (Å²) in [5.74, 6) is 0.355.